The highest BCUT2D eigenvalue weighted by molar-refractivity contribution is 5.63. The van der Waals surface area contributed by atoms with Crippen molar-refractivity contribution in [3.05, 3.63) is 46.3 Å². The van der Waals surface area contributed by atoms with Gasteiger partial charge in [0.2, 0.25) is 11.8 Å². The quantitative estimate of drug-likeness (QED) is 0.568. The van der Waals surface area contributed by atoms with E-state index < -0.39 is 53.1 Å². The van der Waals surface area contributed by atoms with E-state index in [2.05, 4.69) is 4.85 Å². The predicted molar refractivity (Wildman–Crippen MR) is 83.6 cm³/mol. The van der Waals surface area contributed by atoms with Gasteiger partial charge in [-0.05, 0) is 19.1 Å². The molecule has 4 N–H and O–H groups in total. The van der Waals surface area contributed by atoms with Crippen molar-refractivity contribution in [3.63, 3.8) is 0 Å². The van der Waals surface area contributed by atoms with Gasteiger partial charge in [0, 0.05) is 0 Å². The van der Waals surface area contributed by atoms with Crippen molar-refractivity contribution < 1.29 is 38.3 Å². The lowest BCUT2D eigenvalue weighted by Gasteiger charge is -2.27. The molecule has 1 saturated heterocycles. The monoisotopic (exact) mass is 382 g/mol. The number of nitrogens with zero attached hydrogens (tertiary/aromatic N) is 2. The van der Waals surface area contributed by atoms with E-state index in [0.29, 0.717) is 6.07 Å². The summed E-state index contributed by atoms with van der Waals surface area (Å²) in [7, 11) is 0. The molecular weight excluding hydrogens is 369 g/mol. The van der Waals surface area contributed by atoms with E-state index in [1.54, 1.807) is 0 Å². The van der Waals surface area contributed by atoms with Crippen molar-refractivity contribution in [1.29, 1.82) is 0 Å². The third-order valence-corrected chi connectivity index (χ3v) is 5.17. The number of hydrogen-bond acceptors (Lipinski definition) is 5. The predicted octanol–water partition coefficient (Wildman–Crippen LogP) is 2.48. The topological polar surface area (TPSA) is 99.4 Å². The Morgan fingerprint density at radius 2 is 1.89 bits per heavy atom. The first-order chi connectivity index (χ1) is 12.5. The highest BCUT2D eigenvalue weighted by Crippen LogP contribution is 2.61. The Labute approximate surface area is 150 Å². The molecule has 0 amide bonds. The molecule has 142 valence electrons. The van der Waals surface area contributed by atoms with Crippen LogP contribution in [-0.4, -0.2) is 37.2 Å². The number of aromatic nitrogens is 1. The lowest BCUT2D eigenvalue weighted by atomic mass is 9.81. The lowest BCUT2D eigenvalue weighted by molar-refractivity contribution is -0.136. The van der Waals surface area contributed by atoms with Gasteiger partial charge in [0.25, 0.3) is 0 Å². The molecule has 0 spiro atoms. The highest BCUT2D eigenvalue weighted by Gasteiger charge is 2.63. The van der Waals surface area contributed by atoms with E-state index in [4.69, 9.17) is 11.3 Å². The number of alkyl halides is 3. The second kappa shape index (κ2) is 5.16. The second-order valence-electron chi connectivity index (χ2n) is 6.66. The van der Waals surface area contributed by atoms with Crippen LogP contribution in [-0.2, 0) is 16.5 Å². The van der Waals surface area contributed by atoms with E-state index in [0.717, 1.165) is 16.7 Å². The van der Waals surface area contributed by atoms with Crippen molar-refractivity contribution in [2.75, 3.05) is 0 Å². The zero-order chi connectivity index (χ0) is 19.9. The van der Waals surface area contributed by atoms with Crippen LogP contribution in [0.5, 0.6) is 11.8 Å². The van der Waals surface area contributed by atoms with Gasteiger partial charge >= 0.3 is 6.18 Å². The molecule has 3 heterocycles. The molecule has 27 heavy (non-hydrogen) atoms. The SMILES string of the molecule is [C-]#[N+]c1ccc(-n2c(O)c3c(c2O)C2(C)OC3[C@@H](O)[C@H]2O)cc1C(F)(F)F. The van der Waals surface area contributed by atoms with Crippen LogP contribution in [0.2, 0.25) is 0 Å². The third-order valence-electron chi connectivity index (χ3n) is 5.17. The van der Waals surface area contributed by atoms with Gasteiger partial charge in [-0.25, -0.2) is 4.85 Å². The summed E-state index contributed by atoms with van der Waals surface area (Å²) in [5.41, 5.74) is -3.57. The number of hydrogen-bond donors (Lipinski definition) is 4. The number of halogens is 3. The molecule has 2 aliphatic rings. The van der Waals surface area contributed by atoms with Crippen LogP contribution < -0.4 is 0 Å². The van der Waals surface area contributed by atoms with Gasteiger partial charge in [-0.1, -0.05) is 6.07 Å². The Balaban J connectivity index is 1.95. The smallest absolute Gasteiger partial charge is 0.407 e. The van der Waals surface area contributed by atoms with E-state index in [1.807, 2.05) is 0 Å². The summed E-state index contributed by atoms with van der Waals surface area (Å²) < 4.78 is 46.0. The molecule has 4 atom stereocenters. The summed E-state index contributed by atoms with van der Waals surface area (Å²) in [6, 6.07) is 2.72. The number of benzene rings is 1. The Morgan fingerprint density at radius 1 is 1.22 bits per heavy atom. The molecule has 7 nitrogen and oxygen atoms in total. The summed E-state index contributed by atoms with van der Waals surface area (Å²) in [4.78, 5) is 2.84. The number of ether oxygens (including phenoxy) is 1. The molecule has 2 aliphatic heterocycles. The Bertz CT molecular complexity index is 1010. The maximum Gasteiger partial charge on any atom is 0.407 e. The van der Waals surface area contributed by atoms with Gasteiger partial charge in [0.1, 0.15) is 23.9 Å². The number of aliphatic hydroxyl groups excluding tert-OH is 2. The first-order valence-corrected chi connectivity index (χ1v) is 7.82. The van der Waals surface area contributed by atoms with Crippen LogP contribution in [0.25, 0.3) is 10.5 Å². The average molecular weight is 382 g/mol. The zero-order valence-corrected chi connectivity index (χ0v) is 13.7. The summed E-state index contributed by atoms with van der Waals surface area (Å²) in [6.45, 7) is 8.28. The number of rotatable bonds is 1. The van der Waals surface area contributed by atoms with Crippen LogP contribution in [0.15, 0.2) is 18.2 Å². The molecule has 1 aromatic heterocycles. The first kappa shape index (κ1) is 17.7. The van der Waals surface area contributed by atoms with Gasteiger partial charge in [-0.2, -0.15) is 13.2 Å². The minimum atomic E-state index is -4.81. The van der Waals surface area contributed by atoms with Crippen molar-refractivity contribution in [2.24, 2.45) is 0 Å². The molecule has 1 fully saturated rings. The molecule has 10 heteroatoms. The fourth-order valence-corrected chi connectivity index (χ4v) is 3.89. The van der Waals surface area contributed by atoms with Gasteiger partial charge in [0.15, 0.2) is 5.69 Å². The molecule has 0 radical (unpaired) electrons. The Morgan fingerprint density at radius 3 is 2.48 bits per heavy atom. The van der Waals surface area contributed by atoms with Crippen molar-refractivity contribution in [2.45, 2.75) is 37.0 Å². The van der Waals surface area contributed by atoms with Gasteiger partial charge in [0.05, 0.1) is 28.9 Å². The molecule has 1 aromatic carbocycles. The van der Waals surface area contributed by atoms with Crippen LogP contribution in [0.1, 0.15) is 29.7 Å². The normalized spacial score (nSPS) is 29.0. The van der Waals surface area contributed by atoms with E-state index >= 15 is 0 Å². The van der Waals surface area contributed by atoms with Gasteiger partial charge < -0.3 is 25.2 Å². The van der Waals surface area contributed by atoms with Crippen LogP contribution >= 0.6 is 0 Å². The van der Waals surface area contributed by atoms with Crippen LogP contribution in [0.3, 0.4) is 0 Å². The van der Waals surface area contributed by atoms with E-state index in [1.165, 1.54) is 6.92 Å². The largest absolute Gasteiger partial charge is 0.494 e. The standard InChI is InChI=1S/C17H13F3N2O5/c1-16-10-9(12(27-16)11(23)13(16)24)14(25)22(15(10)26)6-3-4-8(21-2)7(5-6)17(18,19)20/h3-5,11-13,23-26H,1H3/t11-,12?,13-,16?/m1/s1. The fraction of sp³-hybridized carbons (Fsp3) is 0.353. The van der Waals surface area contributed by atoms with E-state index in [-0.39, 0.29) is 16.8 Å². The zero-order valence-electron chi connectivity index (χ0n) is 13.7. The lowest BCUT2D eigenvalue weighted by Crippen LogP contribution is -2.40. The van der Waals surface area contributed by atoms with Crippen molar-refractivity contribution in [1.82, 2.24) is 4.57 Å². The number of aliphatic hydroxyl groups is 2. The molecule has 0 saturated carbocycles. The van der Waals surface area contributed by atoms with Crippen molar-refractivity contribution in [3.8, 4) is 17.4 Å². The summed E-state index contributed by atoms with van der Waals surface area (Å²) in [5, 5.41) is 41.3. The fourth-order valence-electron chi connectivity index (χ4n) is 3.89. The Hall–Kier alpha value is -2.74. The van der Waals surface area contributed by atoms with Gasteiger partial charge in [-0.3, -0.25) is 4.57 Å². The molecule has 2 unspecified atom stereocenters. The summed E-state index contributed by atoms with van der Waals surface area (Å²) in [5.74, 6) is -1.21. The molecule has 2 aromatic rings. The number of fused-ring (bicyclic) bond motifs is 5. The number of aromatic hydroxyl groups is 2. The highest BCUT2D eigenvalue weighted by atomic mass is 19.4. The summed E-state index contributed by atoms with van der Waals surface area (Å²) >= 11 is 0. The molecule has 0 aliphatic carbocycles. The van der Waals surface area contributed by atoms with Gasteiger partial charge in [-0.15, -0.1) is 0 Å². The molecular formula is C17H13F3N2O5. The first-order valence-electron chi connectivity index (χ1n) is 7.82. The molecule has 2 bridgehead atoms. The molecule has 4 rings (SSSR count). The maximum atomic E-state index is 13.2. The average Bonchev–Trinajstić information content (AvgIpc) is 3.14. The van der Waals surface area contributed by atoms with Crippen molar-refractivity contribution >= 4 is 5.69 Å². The summed E-state index contributed by atoms with van der Waals surface area (Å²) in [6.07, 6.45) is -8.68. The maximum absolute atomic E-state index is 13.2. The van der Waals surface area contributed by atoms with Crippen LogP contribution in [0.4, 0.5) is 18.9 Å². The van der Waals surface area contributed by atoms with E-state index in [9.17, 15) is 33.6 Å². The second-order valence-corrected chi connectivity index (χ2v) is 6.66. The minimum Gasteiger partial charge on any atom is -0.494 e. The third kappa shape index (κ3) is 2.07. The Kier molecular flexibility index (Phi) is 3.38. The minimum absolute atomic E-state index is 0.00520. The van der Waals surface area contributed by atoms with Crippen LogP contribution in [0, 0.1) is 6.57 Å².